The van der Waals surface area contributed by atoms with Crippen molar-refractivity contribution in [3.8, 4) is 11.5 Å². The molecule has 0 radical (unpaired) electrons. The predicted octanol–water partition coefficient (Wildman–Crippen LogP) is 3.08. The van der Waals surface area contributed by atoms with Gasteiger partial charge in [-0.2, -0.15) is 0 Å². The lowest BCUT2D eigenvalue weighted by molar-refractivity contribution is -0.155. The molecule has 2 aromatic rings. The monoisotopic (exact) mass is 389 g/mol. The van der Waals surface area contributed by atoms with E-state index in [0.717, 1.165) is 24.0 Å². The van der Waals surface area contributed by atoms with Crippen molar-refractivity contribution in [1.29, 1.82) is 0 Å². The van der Waals surface area contributed by atoms with E-state index in [2.05, 4.69) is 10.2 Å². The number of hydrogen-bond acceptors (Lipinski definition) is 7. The molecule has 7 nitrogen and oxygen atoms in total. The lowest BCUT2D eigenvalue weighted by Crippen LogP contribution is -2.49. The standard InChI is InChI=1S/C19H23N3O4S/c1-3-25-18(24)15-10-6-7-11-22(15)16(23)12-27-19-21-20-17(26-19)14-9-5-4-8-13(14)2/h4-5,8-9,15H,3,6-7,10-12H2,1-2H3/t15-/m0/s1. The van der Waals surface area contributed by atoms with Crippen molar-refractivity contribution >= 4 is 23.6 Å². The number of ether oxygens (including phenoxy) is 1. The Balaban J connectivity index is 1.62. The first kappa shape index (κ1) is 19.4. The Kier molecular flexibility index (Phi) is 6.49. The molecule has 0 spiro atoms. The predicted molar refractivity (Wildman–Crippen MR) is 101 cm³/mol. The third kappa shape index (κ3) is 4.68. The van der Waals surface area contributed by atoms with E-state index in [1.807, 2.05) is 31.2 Å². The molecule has 1 fully saturated rings. The number of benzene rings is 1. The number of aryl methyl sites for hydroxylation is 1. The number of thioether (sulfide) groups is 1. The van der Waals surface area contributed by atoms with Crippen LogP contribution in [0.2, 0.25) is 0 Å². The lowest BCUT2D eigenvalue weighted by atomic mass is 10.0. The van der Waals surface area contributed by atoms with Gasteiger partial charge in [0.25, 0.3) is 5.22 Å². The first-order valence-corrected chi connectivity index (χ1v) is 10.1. The zero-order valence-corrected chi connectivity index (χ0v) is 16.3. The maximum absolute atomic E-state index is 12.6. The quantitative estimate of drug-likeness (QED) is 0.554. The minimum atomic E-state index is -0.489. The van der Waals surface area contributed by atoms with Crippen LogP contribution in [0.5, 0.6) is 0 Å². The van der Waals surface area contributed by atoms with Gasteiger partial charge in [-0.1, -0.05) is 30.0 Å². The van der Waals surface area contributed by atoms with E-state index in [1.165, 1.54) is 11.8 Å². The van der Waals surface area contributed by atoms with Crippen molar-refractivity contribution < 1.29 is 18.7 Å². The number of hydrogen-bond donors (Lipinski definition) is 0. The Bertz CT molecular complexity index is 808. The minimum absolute atomic E-state index is 0.117. The Morgan fingerprint density at radius 1 is 1.30 bits per heavy atom. The van der Waals surface area contributed by atoms with Gasteiger partial charge in [0.05, 0.1) is 12.4 Å². The molecule has 1 aromatic carbocycles. The third-order valence-electron chi connectivity index (χ3n) is 4.48. The van der Waals surface area contributed by atoms with Crippen LogP contribution in [0, 0.1) is 6.92 Å². The second kappa shape index (κ2) is 9.03. The van der Waals surface area contributed by atoms with Gasteiger partial charge in [0.15, 0.2) is 0 Å². The minimum Gasteiger partial charge on any atom is -0.464 e. The van der Waals surface area contributed by atoms with Crippen LogP contribution in [0.3, 0.4) is 0 Å². The van der Waals surface area contributed by atoms with Crippen LogP contribution in [0.1, 0.15) is 31.7 Å². The van der Waals surface area contributed by atoms with Gasteiger partial charge in [-0.05, 0) is 44.7 Å². The highest BCUT2D eigenvalue weighted by Gasteiger charge is 2.33. The van der Waals surface area contributed by atoms with Crippen molar-refractivity contribution in [3.63, 3.8) is 0 Å². The molecule has 27 heavy (non-hydrogen) atoms. The molecule has 0 unspecified atom stereocenters. The number of amides is 1. The number of carbonyl (C=O) groups excluding carboxylic acids is 2. The molecule has 8 heteroatoms. The van der Waals surface area contributed by atoms with Crippen LogP contribution in [0.4, 0.5) is 0 Å². The highest BCUT2D eigenvalue weighted by atomic mass is 32.2. The Hall–Kier alpha value is -2.35. The summed E-state index contributed by atoms with van der Waals surface area (Å²) in [5, 5.41) is 8.43. The van der Waals surface area contributed by atoms with Crippen molar-refractivity contribution in [3.05, 3.63) is 29.8 Å². The van der Waals surface area contributed by atoms with E-state index >= 15 is 0 Å². The zero-order chi connectivity index (χ0) is 19.2. The molecule has 1 saturated heterocycles. The van der Waals surface area contributed by atoms with Crippen LogP contribution >= 0.6 is 11.8 Å². The van der Waals surface area contributed by atoms with Gasteiger partial charge >= 0.3 is 5.97 Å². The van der Waals surface area contributed by atoms with Gasteiger partial charge in [-0.25, -0.2) is 4.79 Å². The molecule has 1 aliphatic heterocycles. The second-order valence-electron chi connectivity index (χ2n) is 6.33. The van der Waals surface area contributed by atoms with E-state index in [9.17, 15) is 9.59 Å². The fourth-order valence-corrected chi connectivity index (χ4v) is 3.76. The van der Waals surface area contributed by atoms with Crippen molar-refractivity contribution in [1.82, 2.24) is 15.1 Å². The number of nitrogens with zero attached hydrogens (tertiary/aromatic N) is 3. The molecule has 0 aliphatic carbocycles. The number of piperidine rings is 1. The number of likely N-dealkylation sites (tertiary alicyclic amines) is 1. The summed E-state index contributed by atoms with van der Waals surface area (Å²) < 4.78 is 10.8. The summed E-state index contributed by atoms with van der Waals surface area (Å²) in [5.41, 5.74) is 1.92. The Morgan fingerprint density at radius 2 is 2.11 bits per heavy atom. The fraction of sp³-hybridized carbons (Fsp3) is 0.474. The van der Waals surface area contributed by atoms with Crippen molar-refractivity contribution in [2.45, 2.75) is 44.4 Å². The summed E-state index contributed by atoms with van der Waals surface area (Å²) in [6.45, 7) is 4.63. The van der Waals surface area contributed by atoms with Crippen molar-refractivity contribution in [2.75, 3.05) is 18.9 Å². The first-order chi connectivity index (χ1) is 13.1. The van der Waals surface area contributed by atoms with Crippen LogP contribution in [-0.2, 0) is 14.3 Å². The summed E-state index contributed by atoms with van der Waals surface area (Å²) in [6.07, 6.45) is 2.46. The number of rotatable bonds is 6. The van der Waals surface area contributed by atoms with Gasteiger partial charge in [0, 0.05) is 12.1 Å². The molecular formula is C19H23N3O4S. The van der Waals surface area contributed by atoms with Gasteiger partial charge in [-0.3, -0.25) is 4.79 Å². The molecule has 144 valence electrons. The highest BCUT2D eigenvalue weighted by molar-refractivity contribution is 7.99. The number of carbonyl (C=O) groups is 2. The fourth-order valence-electron chi connectivity index (χ4n) is 3.11. The average molecular weight is 389 g/mol. The van der Waals surface area contributed by atoms with Gasteiger partial charge in [-0.15, -0.1) is 10.2 Å². The Labute approximate surface area is 162 Å². The second-order valence-corrected chi connectivity index (χ2v) is 7.25. The van der Waals surface area contributed by atoms with E-state index in [-0.39, 0.29) is 17.6 Å². The molecular weight excluding hydrogens is 366 g/mol. The SMILES string of the molecule is CCOC(=O)[C@@H]1CCCCN1C(=O)CSc1nnc(-c2ccccc2C)o1. The van der Waals surface area contributed by atoms with Gasteiger partial charge < -0.3 is 14.1 Å². The van der Waals surface area contributed by atoms with E-state index in [1.54, 1.807) is 11.8 Å². The molecule has 3 rings (SSSR count). The number of aromatic nitrogens is 2. The van der Waals surface area contributed by atoms with E-state index < -0.39 is 6.04 Å². The van der Waals surface area contributed by atoms with Crippen LogP contribution in [0.25, 0.3) is 11.5 Å². The van der Waals surface area contributed by atoms with Gasteiger partial charge in [0.2, 0.25) is 11.8 Å². The summed E-state index contributed by atoms with van der Waals surface area (Å²) in [5.74, 6) is 0.139. The van der Waals surface area contributed by atoms with Gasteiger partial charge in [0.1, 0.15) is 6.04 Å². The molecule has 0 N–H and O–H groups in total. The summed E-state index contributed by atoms with van der Waals surface area (Å²) in [7, 11) is 0. The molecule has 0 bridgehead atoms. The summed E-state index contributed by atoms with van der Waals surface area (Å²) >= 11 is 1.19. The molecule has 1 aliphatic rings. The topological polar surface area (TPSA) is 85.5 Å². The maximum atomic E-state index is 12.6. The van der Waals surface area contributed by atoms with Crippen LogP contribution < -0.4 is 0 Å². The third-order valence-corrected chi connectivity index (χ3v) is 5.29. The lowest BCUT2D eigenvalue weighted by Gasteiger charge is -2.33. The molecule has 2 heterocycles. The molecule has 1 aromatic heterocycles. The zero-order valence-electron chi connectivity index (χ0n) is 15.5. The normalized spacial score (nSPS) is 17.0. The van der Waals surface area contributed by atoms with E-state index in [4.69, 9.17) is 9.15 Å². The molecule has 0 saturated carbocycles. The Morgan fingerprint density at radius 3 is 2.89 bits per heavy atom. The first-order valence-electron chi connectivity index (χ1n) is 9.08. The maximum Gasteiger partial charge on any atom is 0.328 e. The highest BCUT2D eigenvalue weighted by Crippen LogP contribution is 2.26. The molecule has 1 amide bonds. The number of esters is 1. The summed E-state index contributed by atoms with van der Waals surface area (Å²) in [4.78, 5) is 26.4. The smallest absolute Gasteiger partial charge is 0.328 e. The van der Waals surface area contributed by atoms with E-state index in [0.29, 0.717) is 30.7 Å². The van der Waals surface area contributed by atoms with Crippen LogP contribution in [0.15, 0.2) is 33.9 Å². The average Bonchev–Trinajstić information content (AvgIpc) is 3.15. The molecule has 1 atom stereocenters. The van der Waals surface area contributed by atoms with Crippen LogP contribution in [-0.4, -0.2) is 51.9 Å². The van der Waals surface area contributed by atoms with Crippen molar-refractivity contribution in [2.24, 2.45) is 0 Å². The largest absolute Gasteiger partial charge is 0.464 e. The summed E-state index contributed by atoms with van der Waals surface area (Å²) in [6, 6.07) is 7.26.